The molecule has 0 radical (unpaired) electrons. The number of hydrogen-bond donors (Lipinski definition) is 3. The van der Waals surface area contributed by atoms with Crippen molar-refractivity contribution in [1.29, 1.82) is 0 Å². The topological polar surface area (TPSA) is 252 Å². The smallest absolute Gasteiger partial charge is 0.407 e. The number of unbranched alkanes of at least 4 members (excludes halogenated alkanes) is 41. The number of alkyl carbamates (subject to hydrolysis) is 1. The number of esters is 1. The van der Waals surface area contributed by atoms with Gasteiger partial charge in [0.05, 0.1) is 172 Å². The van der Waals surface area contributed by atoms with Crippen molar-refractivity contribution in [2.45, 2.75) is 308 Å². The van der Waals surface area contributed by atoms with E-state index in [2.05, 4.69) is 16.0 Å². The van der Waals surface area contributed by atoms with Crippen molar-refractivity contribution in [3.63, 3.8) is 0 Å². The minimum atomic E-state index is -0.261. The van der Waals surface area contributed by atoms with E-state index in [0.717, 1.165) is 103 Å². The van der Waals surface area contributed by atoms with Crippen molar-refractivity contribution in [3.05, 3.63) is 0 Å². The zero-order valence-corrected chi connectivity index (χ0v) is 69.5. The number of amides is 3. The summed E-state index contributed by atoms with van der Waals surface area (Å²) in [4.78, 5) is 48.8. The fourth-order valence-corrected chi connectivity index (χ4v) is 12.1. The third kappa shape index (κ3) is 95.5. The molecule has 23 heteroatoms. The zero-order valence-electron chi connectivity index (χ0n) is 69.5. The van der Waals surface area contributed by atoms with Gasteiger partial charge in [0, 0.05) is 59.7 Å². The molecule has 0 bridgehead atoms. The number of ether oxygens (including phenoxy) is 16. The lowest BCUT2D eigenvalue weighted by atomic mass is 10.0. The fourth-order valence-electron chi connectivity index (χ4n) is 12.1. The van der Waals surface area contributed by atoms with Crippen LogP contribution in [0.25, 0.3) is 0 Å². The second-order valence-electron chi connectivity index (χ2n) is 28.5. The van der Waals surface area contributed by atoms with Crippen LogP contribution in [0.2, 0.25) is 0 Å². The Hall–Kier alpha value is -2.88. The highest BCUT2D eigenvalue weighted by Gasteiger charge is 2.08. The molecule has 0 saturated heterocycles. The van der Waals surface area contributed by atoms with Crippen LogP contribution >= 0.6 is 0 Å². The minimum absolute atomic E-state index is 0.0934. The Kier molecular flexibility index (Phi) is 93.9. The van der Waals surface area contributed by atoms with Gasteiger partial charge in [-0.2, -0.15) is 0 Å². The van der Waals surface area contributed by atoms with Crippen LogP contribution in [0.5, 0.6) is 0 Å². The van der Waals surface area contributed by atoms with Gasteiger partial charge in [0.2, 0.25) is 0 Å². The molecule has 0 heterocycles. The molecule has 0 rings (SSSR count). The first-order valence-corrected chi connectivity index (χ1v) is 44.0. The third-order valence-electron chi connectivity index (χ3n) is 18.7. The van der Waals surface area contributed by atoms with Gasteiger partial charge in [0.25, 0.3) is 0 Å². The first-order valence-electron chi connectivity index (χ1n) is 44.0. The van der Waals surface area contributed by atoms with E-state index in [1.807, 2.05) is 0 Å². The number of rotatable bonds is 96. The Morgan fingerprint density at radius 2 is 0.389 bits per heavy atom. The molecule has 642 valence electrons. The standard InChI is InChI=1S/C85H167N3O20/c1-93-56-58-95-54-46-37-31-25-19-11-9-7-5-3-4-6-8-10-12-20-26-32-38-47-55-108-85(92)88-53-44-36-30-24-18-13-15-21-27-33-40-48-82(89)49-41-39-45-52-87-84(91)86-51-43-35-29-23-17-14-16-22-28-34-42-50-83(90)107-81-80-106-79-78-105-77-76-104-75-74-103-73-72-102-71-70-101-69-68-100-67-66-99-65-64-98-63-62-97-61-60-96-59-57-94-2/h3-81H2,1-2H3,(H,88,92)(H2,86,87,91). The van der Waals surface area contributed by atoms with Crippen molar-refractivity contribution < 1.29 is 95.0 Å². The van der Waals surface area contributed by atoms with Gasteiger partial charge < -0.3 is 91.7 Å². The van der Waals surface area contributed by atoms with E-state index in [1.165, 1.54) is 199 Å². The Morgan fingerprint density at radius 3 is 0.676 bits per heavy atom. The molecule has 0 fully saturated rings. The van der Waals surface area contributed by atoms with Crippen molar-refractivity contribution in [1.82, 2.24) is 16.0 Å². The lowest BCUT2D eigenvalue weighted by molar-refractivity contribution is -0.145. The summed E-state index contributed by atoms with van der Waals surface area (Å²) >= 11 is 0. The summed E-state index contributed by atoms with van der Waals surface area (Å²) in [6.45, 7) is 16.5. The van der Waals surface area contributed by atoms with Crippen molar-refractivity contribution in [3.8, 4) is 0 Å². The van der Waals surface area contributed by atoms with E-state index in [9.17, 15) is 19.2 Å². The number of nitrogens with one attached hydrogen (secondary N) is 3. The molecule has 0 spiro atoms. The van der Waals surface area contributed by atoms with Crippen LogP contribution in [-0.2, 0) is 85.4 Å². The first kappa shape index (κ1) is 105. The number of hydrogen-bond acceptors (Lipinski definition) is 20. The average Bonchev–Trinajstić information content (AvgIpc) is 1.79. The van der Waals surface area contributed by atoms with Crippen molar-refractivity contribution in [2.75, 3.05) is 219 Å². The molecule has 0 aromatic rings. The van der Waals surface area contributed by atoms with E-state index >= 15 is 0 Å². The summed E-state index contributed by atoms with van der Waals surface area (Å²) in [6.07, 6.45) is 56.5. The molecule has 0 saturated carbocycles. The Balaban J connectivity index is 3.27. The summed E-state index contributed by atoms with van der Waals surface area (Å²) in [5.74, 6) is 0.213. The van der Waals surface area contributed by atoms with Crippen molar-refractivity contribution in [2.24, 2.45) is 0 Å². The summed E-state index contributed by atoms with van der Waals surface area (Å²) in [5, 5.41) is 8.88. The van der Waals surface area contributed by atoms with Gasteiger partial charge in [0.15, 0.2) is 0 Å². The summed E-state index contributed by atoms with van der Waals surface area (Å²) < 4.78 is 86.5. The van der Waals surface area contributed by atoms with Crippen molar-refractivity contribution >= 4 is 23.9 Å². The molecule has 0 aliphatic rings. The van der Waals surface area contributed by atoms with Crippen LogP contribution in [0.4, 0.5) is 9.59 Å². The van der Waals surface area contributed by atoms with E-state index in [-0.39, 0.29) is 24.7 Å². The number of urea groups is 1. The van der Waals surface area contributed by atoms with Crippen LogP contribution < -0.4 is 16.0 Å². The van der Waals surface area contributed by atoms with Crippen LogP contribution in [0.15, 0.2) is 0 Å². The SMILES string of the molecule is COCCOCCCCCCCCCCCCCCCCCCCCCCOC(=O)NCCCCCCCCCCCCCC(=O)CCCCCNC(=O)NCCCCCCCCCCCCCC(=O)OCCOCCOCCOCCOCCOCCOCCOCCOCCOCCOCCOCCOC. The summed E-state index contributed by atoms with van der Waals surface area (Å²) in [5.41, 5.74) is 0. The molecule has 0 aromatic carbocycles. The quantitative estimate of drug-likeness (QED) is 0.0378. The molecular formula is C85H167N3O20. The van der Waals surface area contributed by atoms with E-state index in [0.29, 0.717) is 210 Å². The van der Waals surface area contributed by atoms with Gasteiger partial charge in [-0.3, -0.25) is 9.59 Å². The number of carbonyl (C=O) groups excluding carboxylic acids is 4. The zero-order chi connectivity index (χ0) is 77.6. The Morgan fingerprint density at radius 1 is 0.185 bits per heavy atom. The molecule has 3 N–H and O–H groups in total. The van der Waals surface area contributed by atoms with Crippen LogP contribution in [0.1, 0.15) is 308 Å². The van der Waals surface area contributed by atoms with Crippen LogP contribution in [-0.4, -0.2) is 243 Å². The highest BCUT2D eigenvalue weighted by molar-refractivity contribution is 5.78. The summed E-state index contributed by atoms with van der Waals surface area (Å²) in [7, 11) is 3.36. The van der Waals surface area contributed by atoms with Gasteiger partial charge in [-0.1, -0.05) is 238 Å². The predicted octanol–water partition coefficient (Wildman–Crippen LogP) is 17.3. The minimum Gasteiger partial charge on any atom is -0.463 e. The predicted molar refractivity (Wildman–Crippen MR) is 432 cm³/mol. The lowest BCUT2D eigenvalue weighted by Crippen LogP contribution is -2.36. The van der Waals surface area contributed by atoms with Gasteiger partial charge >= 0.3 is 18.1 Å². The monoisotopic (exact) mass is 1550 g/mol. The number of ketones is 1. The number of Topliss-reactive ketones (excluding diaryl/α,β-unsaturated/α-hetero) is 1. The maximum absolute atomic E-state index is 12.4. The fraction of sp³-hybridized carbons (Fsp3) is 0.953. The molecule has 3 amide bonds. The highest BCUT2D eigenvalue weighted by Crippen LogP contribution is 2.18. The molecule has 108 heavy (non-hydrogen) atoms. The second-order valence-corrected chi connectivity index (χ2v) is 28.5. The maximum Gasteiger partial charge on any atom is 0.407 e. The van der Waals surface area contributed by atoms with Gasteiger partial charge in [0.1, 0.15) is 12.4 Å². The van der Waals surface area contributed by atoms with Crippen LogP contribution in [0.3, 0.4) is 0 Å². The molecule has 0 unspecified atom stereocenters. The molecule has 0 aliphatic carbocycles. The second kappa shape index (κ2) is 96.5. The molecular weight excluding hydrogens is 1380 g/mol. The van der Waals surface area contributed by atoms with E-state index in [4.69, 9.17) is 75.8 Å². The largest absolute Gasteiger partial charge is 0.463 e. The van der Waals surface area contributed by atoms with Gasteiger partial charge in [-0.05, 0) is 51.4 Å². The average molecular weight is 1550 g/mol. The first-order chi connectivity index (χ1) is 53.5. The number of carbonyl (C=O) groups is 4. The van der Waals surface area contributed by atoms with Gasteiger partial charge in [-0.25, -0.2) is 9.59 Å². The Bertz CT molecular complexity index is 1770. The third-order valence-corrected chi connectivity index (χ3v) is 18.7. The maximum atomic E-state index is 12.4. The van der Waals surface area contributed by atoms with Gasteiger partial charge in [-0.15, -0.1) is 0 Å². The highest BCUT2D eigenvalue weighted by atomic mass is 16.6. The van der Waals surface area contributed by atoms with Crippen LogP contribution in [0, 0.1) is 0 Å². The summed E-state index contributed by atoms with van der Waals surface area (Å²) in [6, 6.07) is -0.0934. The number of methoxy groups -OCH3 is 2. The lowest BCUT2D eigenvalue weighted by Gasteiger charge is -2.09. The molecule has 23 nitrogen and oxygen atoms in total. The van der Waals surface area contributed by atoms with E-state index < -0.39 is 0 Å². The molecule has 0 aromatic heterocycles. The van der Waals surface area contributed by atoms with E-state index in [1.54, 1.807) is 14.2 Å². The molecule has 0 aliphatic heterocycles. The Labute approximate surface area is 659 Å². The molecule has 0 atom stereocenters. The normalized spacial score (nSPS) is 11.5.